The summed E-state index contributed by atoms with van der Waals surface area (Å²) in [6.45, 7) is 4.71. The zero-order valence-corrected chi connectivity index (χ0v) is 10.9. The minimum absolute atomic E-state index is 0.230. The first-order chi connectivity index (χ1) is 8.20. The largest absolute Gasteiger partial charge is 0.396 e. The molecule has 1 aliphatic rings. The van der Waals surface area contributed by atoms with E-state index in [2.05, 4.69) is 43.1 Å². The second-order valence-electron chi connectivity index (χ2n) is 5.33. The van der Waals surface area contributed by atoms with Crippen molar-refractivity contribution in [2.75, 3.05) is 26.7 Å². The van der Waals surface area contributed by atoms with Gasteiger partial charge in [-0.05, 0) is 50.0 Å². The Kier molecular flexibility index (Phi) is 4.19. The maximum absolute atomic E-state index is 9.13. The van der Waals surface area contributed by atoms with Crippen molar-refractivity contribution in [3.8, 4) is 0 Å². The number of aliphatic hydroxyl groups is 1. The van der Waals surface area contributed by atoms with Crippen molar-refractivity contribution in [1.29, 1.82) is 0 Å². The maximum Gasteiger partial charge on any atom is 0.0497 e. The van der Waals surface area contributed by atoms with Crippen LogP contribution in [-0.2, 0) is 0 Å². The highest BCUT2D eigenvalue weighted by molar-refractivity contribution is 5.27. The summed E-state index contributed by atoms with van der Waals surface area (Å²) in [5, 5.41) is 9.13. The quantitative estimate of drug-likeness (QED) is 0.867. The van der Waals surface area contributed by atoms with Crippen LogP contribution in [0.25, 0.3) is 0 Å². The van der Waals surface area contributed by atoms with E-state index in [0.717, 1.165) is 5.92 Å². The van der Waals surface area contributed by atoms with Crippen molar-refractivity contribution in [3.63, 3.8) is 0 Å². The molecular formula is C15H23NO. The lowest BCUT2D eigenvalue weighted by Crippen LogP contribution is -2.29. The average molecular weight is 233 g/mol. The van der Waals surface area contributed by atoms with Gasteiger partial charge in [0.15, 0.2) is 0 Å². The molecule has 0 radical (unpaired) electrons. The summed E-state index contributed by atoms with van der Waals surface area (Å²) in [6.07, 6.45) is 2.54. The number of hydrogen-bond acceptors (Lipinski definition) is 2. The summed E-state index contributed by atoms with van der Waals surface area (Å²) >= 11 is 0. The molecule has 17 heavy (non-hydrogen) atoms. The fourth-order valence-electron chi connectivity index (χ4n) is 2.54. The summed E-state index contributed by atoms with van der Waals surface area (Å²) in [7, 11) is 2.20. The molecule has 0 amide bonds. The lowest BCUT2D eigenvalue weighted by molar-refractivity contribution is 0.255. The van der Waals surface area contributed by atoms with Crippen LogP contribution in [0.1, 0.15) is 42.7 Å². The highest BCUT2D eigenvalue weighted by Gasteiger charge is 2.18. The minimum Gasteiger partial charge on any atom is -0.396 e. The molecule has 1 atom stereocenters. The van der Waals surface area contributed by atoms with E-state index >= 15 is 0 Å². The van der Waals surface area contributed by atoms with E-state index < -0.39 is 0 Å². The van der Waals surface area contributed by atoms with Crippen molar-refractivity contribution in [1.82, 2.24) is 4.90 Å². The third-order valence-electron chi connectivity index (χ3n) is 3.97. The molecule has 1 aromatic rings. The van der Waals surface area contributed by atoms with Crippen LogP contribution in [0.15, 0.2) is 24.3 Å². The second-order valence-corrected chi connectivity index (χ2v) is 5.33. The van der Waals surface area contributed by atoms with Gasteiger partial charge in [0.2, 0.25) is 0 Å². The summed E-state index contributed by atoms with van der Waals surface area (Å²) in [4.78, 5) is 2.40. The number of nitrogens with zero attached hydrogens (tertiary/aromatic N) is 1. The van der Waals surface area contributed by atoms with Gasteiger partial charge in [-0.3, -0.25) is 0 Å². The molecule has 0 spiro atoms. The average Bonchev–Trinajstić information content (AvgIpc) is 2.39. The molecule has 1 fully saturated rings. The van der Waals surface area contributed by atoms with E-state index in [1.807, 2.05) is 0 Å². The maximum atomic E-state index is 9.13. The molecule has 2 rings (SSSR count). The zero-order chi connectivity index (χ0) is 12.3. The molecule has 2 heteroatoms. The lowest BCUT2D eigenvalue weighted by atomic mass is 9.88. The monoisotopic (exact) mass is 233 g/mol. The van der Waals surface area contributed by atoms with Crippen LogP contribution in [-0.4, -0.2) is 36.8 Å². The summed E-state index contributed by atoms with van der Waals surface area (Å²) in [5.41, 5.74) is 2.70. The van der Waals surface area contributed by atoms with E-state index in [9.17, 15) is 0 Å². The number of aliphatic hydroxyl groups excluding tert-OH is 1. The van der Waals surface area contributed by atoms with Crippen LogP contribution in [0.3, 0.4) is 0 Å². The smallest absolute Gasteiger partial charge is 0.0497 e. The van der Waals surface area contributed by atoms with Gasteiger partial charge in [-0.2, -0.15) is 0 Å². The molecule has 1 N–H and O–H groups in total. The Morgan fingerprint density at radius 1 is 1.24 bits per heavy atom. The SMILES string of the molecule is CC(CO)c1ccc(C2CCN(C)CC2)cc1. The molecule has 94 valence electrons. The molecule has 0 aromatic heterocycles. The number of hydrogen-bond donors (Lipinski definition) is 1. The number of likely N-dealkylation sites (tertiary alicyclic amines) is 1. The molecule has 1 saturated heterocycles. The van der Waals surface area contributed by atoms with Crippen LogP contribution >= 0.6 is 0 Å². The Bertz CT molecular complexity index is 338. The van der Waals surface area contributed by atoms with Crippen molar-refractivity contribution in [2.24, 2.45) is 0 Å². The highest BCUT2D eigenvalue weighted by atomic mass is 16.3. The van der Waals surface area contributed by atoms with E-state index in [1.54, 1.807) is 0 Å². The first-order valence-corrected chi connectivity index (χ1v) is 6.60. The van der Waals surface area contributed by atoms with Gasteiger partial charge >= 0.3 is 0 Å². The number of benzene rings is 1. The molecule has 1 heterocycles. The highest BCUT2D eigenvalue weighted by Crippen LogP contribution is 2.28. The van der Waals surface area contributed by atoms with Crippen LogP contribution in [0.5, 0.6) is 0 Å². The standard InChI is InChI=1S/C15H23NO/c1-12(11-17)13-3-5-14(6-4-13)15-7-9-16(2)10-8-15/h3-6,12,15,17H,7-11H2,1-2H3. The Labute approximate surface area is 104 Å². The fraction of sp³-hybridized carbons (Fsp3) is 0.600. The summed E-state index contributed by atoms with van der Waals surface area (Å²) in [6, 6.07) is 8.85. The molecule has 2 nitrogen and oxygen atoms in total. The van der Waals surface area contributed by atoms with Crippen LogP contribution in [0.4, 0.5) is 0 Å². The summed E-state index contributed by atoms with van der Waals surface area (Å²) in [5.74, 6) is 0.978. The normalized spacial score (nSPS) is 20.4. The van der Waals surface area contributed by atoms with Gasteiger partial charge in [0.05, 0.1) is 0 Å². The van der Waals surface area contributed by atoms with Crippen molar-refractivity contribution < 1.29 is 5.11 Å². The van der Waals surface area contributed by atoms with Crippen LogP contribution in [0.2, 0.25) is 0 Å². The van der Waals surface area contributed by atoms with Crippen molar-refractivity contribution in [3.05, 3.63) is 35.4 Å². The molecule has 1 aromatic carbocycles. The molecule has 0 saturated carbocycles. The van der Waals surface area contributed by atoms with E-state index in [-0.39, 0.29) is 12.5 Å². The van der Waals surface area contributed by atoms with E-state index in [0.29, 0.717) is 0 Å². The minimum atomic E-state index is 0.230. The summed E-state index contributed by atoms with van der Waals surface area (Å²) < 4.78 is 0. The van der Waals surface area contributed by atoms with Crippen LogP contribution in [0, 0.1) is 0 Å². The Morgan fingerprint density at radius 2 is 1.82 bits per heavy atom. The van der Waals surface area contributed by atoms with Gasteiger partial charge in [0.25, 0.3) is 0 Å². The van der Waals surface area contributed by atoms with Gasteiger partial charge < -0.3 is 10.0 Å². The third kappa shape index (κ3) is 3.08. The molecule has 0 aliphatic carbocycles. The lowest BCUT2D eigenvalue weighted by Gasteiger charge is -2.29. The predicted molar refractivity (Wildman–Crippen MR) is 71.4 cm³/mol. The van der Waals surface area contributed by atoms with Gasteiger partial charge in [-0.15, -0.1) is 0 Å². The van der Waals surface area contributed by atoms with Crippen molar-refractivity contribution >= 4 is 0 Å². The van der Waals surface area contributed by atoms with Crippen molar-refractivity contribution in [2.45, 2.75) is 31.6 Å². The fourth-order valence-corrected chi connectivity index (χ4v) is 2.54. The van der Waals surface area contributed by atoms with E-state index in [4.69, 9.17) is 5.11 Å². The van der Waals surface area contributed by atoms with Gasteiger partial charge in [-0.25, -0.2) is 0 Å². The van der Waals surface area contributed by atoms with Crippen LogP contribution < -0.4 is 0 Å². The number of rotatable bonds is 3. The number of piperidine rings is 1. The van der Waals surface area contributed by atoms with Gasteiger partial charge in [0, 0.05) is 12.5 Å². The van der Waals surface area contributed by atoms with Gasteiger partial charge in [-0.1, -0.05) is 31.2 Å². The van der Waals surface area contributed by atoms with E-state index in [1.165, 1.54) is 37.1 Å². The Balaban J connectivity index is 2.02. The first kappa shape index (κ1) is 12.6. The first-order valence-electron chi connectivity index (χ1n) is 6.60. The molecule has 1 aliphatic heterocycles. The second kappa shape index (κ2) is 5.65. The molecule has 0 bridgehead atoms. The zero-order valence-electron chi connectivity index (χ0n) is 10.9. The predicted octanol–water partition coefficient (Wildman–Crippen LogP) is 2.59. The topological polar surface area (TPSA) is 23.5 Å². The molecular weight excluding hydrogens is 210 g/mol. The third-order valence-corrected chi connectivity index (χ3v) is 3.97. The Hall–Kier alpha value is -0.860. The molecule has 1 unspecified atom stereocenters. The van der Waals surface area contributed by atoms with Gasteiger partial charge in [0.1, 0.15) is 0 Å². The Morgan fingerprint density at radius 3 is 2.35 bits per heavy atom.